The van der Waals surface area contributed by atoms with Gasteiger partial charge in [0.25, 0.3) is 0 Å². The van der Waals surface area contributed by atoms with Crippen LogP contribution in [-0.4, -0.2) is 24.9 Å². The molecule has 0 radical (unpaired) electrons. The molecule has 1 amide bonds. The molecule has 0 spiro atoms. The lowest BCUT2D eigenvalue weighted by molar-refractivity contribution is -0.133. The van der Waals surface area contributed by atoms with E-state index in [1.54, 1.807) is 0 Å². The third kappa shape index (κ3) is 23.2. The monoisotopic (exact) mass is 480 g/mol. The number of hydrogen-bond acceptors (Lipinski definition) is 1. The highest BCUT2D eigenvalue weighted by atomic mass is 16.2. The molecular formula is C32H65NO. The summed E-state index contributed by atoms with van der Waals surface area (Å²) in [5.74, 6) is 0.632. The summed E-state index contributed by atoms with van der Waals surface area (Å²) < 4.78 is 0. The van der Waals surface area contributed by atoms with Crippen molar-refractivity contribution < 1.29 is 4.79 Å². The molecule has 0 saturated heterocycles. The van der Waals surface area contributed by atoms with Gasteiger partial charge in [0, 0.05) is 20.0 Å². The zero-order valence-electron chi connectivity index (χ0n) is 24.3. The lowest BCUT2D eigenvalue weighted by atomic mass is 9.93. The number of unbranched alkanes of at least 4 members (excludes halogenated alkanes) is 22. The second kappa shape index (κ2) is 27.1. The average molecular weight is 480 g/mol. The average Bonchev–Trinajstić information content (AvgIpc) is 2.83. The van der Waals surface area contributed by atoms with Crippen LogP contribution in [0.3, 0.4) is 0 Å². The van der Waals surface area contributed by atoms with Gasteiger partial charge in [0.15, 0.2) is 0 Å². The summed E-state index contributed by atoms with van der Waals surface area (Å²) in [6.45, 7) is 4.58. The van der Waals surface area contributed by atoms with Gasteiger partial charge >= 0.3 is 0 Å². The van der Waals surface area contributed by atoms with E-state index in [0.717, 1.165) is 12.8 Å². The first-order valence-corrected chi connectivity index (χ1v) is 15.8. The van der Waals surface area contributed by atoms with Crippen LogP contribution < -0.4 is 0 Å². The van der Waals surface area contributed by atoms with Crippen LogP contribution in [0.4, 0.5) is 0 Å². The van der Waals surface area contributed by atoms with E-state index in [-0.39, 0.29) is 5.92 Å². The van der Waals surface area contributed by atoms with E-state index in [1.807, 2.05) is 19.0 Å². The molecule has 0 aromatic heterocycles. The Hall–Kier alpha value is -0.530. The highest BCUT2D eigenvalue weighted by Crippen LogP contribution is 2.21. The minimum Gasteiger partial charge on any atom is -0.349 e. The van der Waals surface area contributed by atoms with Crippen LogP contribution in [0, 0.1) is 5.92 Å². The minimum absolute atomic E-state index is 0.265. The fourth-order valence-electron chi connectivity index (χ4n) is 5.22. The molecule has 34 heavy (non-hydrogen) atoms. The predicted molar refractivity (Wildman–Crippen MR) is 154 cm³/mol. The molecule has 0 unspecified atom stereocenters. The number of hydrogen-bond donors (Lipinski definition) is 0. The molecule has 2 heteroatoms. The van der Waals surface area contributed by atoms with Crippen LogP contribution in [0.5, 0.6) is 0 Å². The Labute approximate surface area is 216 Å². The highest BCUT2D eigenvalue weighted by Gasteiger charge is 2.19. The van der Waals surface area contributed by atoms with Gasteiger partial charge < -0.3 is 4.90 Å². The smallest absolute Gasteiger partial charge is 0.225 e. The van der Waals surface area contributed by atoms with E-state index >= 15 is 0 Å². The molecule has 0 aromatic carbocycles. The van der Waals surface area contributed by atoms with Crippen molar-refractivity contribution in [1.82, 2.24) is 4.90 Å². The zero-order chi connectivity index (χ0) is 25.1. The summed E-state index contributed by atoms with van der Waals surface area (Å²) >= 11 is 0. The van der Waals surface area contributed by atoms with Gasteiger partial charge in [-0.1, -0.05) is 168 Å². The van der Waals surface area contributed by atoms with E-state index in [2.05, 4.69) is 13.8 Å². The summed E-state index contributed by atoms with van der Waals surface area (Å²) in [6.07, 6.45) is 35.5. The molecule has 0 aromatic rings. The van der Waals surface area contributed by atoms with Crippen molar-refractivity contribution in [3.63, 3.8) is 0 Å². The van der Waals surface area contributed by atoms with E-state index in [0.29, 0.717) is 5.91 Å². The van der Waals surface area contributed by atoms with Crippen molar-refractivity contribution in [1.29, 1.82) is 0 Å². The van der Waals surface area contributed by atoms with Crippen LogP contribution in [0.25, 0.3) is 0 Å². The maximum absolute atomic E-state index is 12.6. The SMILES string of the molecule is CCCCCCCCCCCCCCC(CCCCCCCCCCCCCC)C(=O)N(C)C. The molecule has 204 valence electrons. The summed E-state index contributed by atoms with van der Waals surface area (Å²) in [6, 6.07) is 0. The lowest BCUT2D eigenvalue weighted by Crippen LogP contribution is -2.29. The Morgan fingerprint density at radius 2 is 0.676 bits per heavy atom. The topological polar surface area (TPSA) is 20.3 Å². The lowest BCUT2D eigenvalue weighted by Gasteiger charge is -2.20. The van der Waals surface area contributed by atoms with Gasteiger partial charge in [0.2, 0.25) is 5.91 Å². The molecule has 0 atom stereocenters. The molecule has 2 nitrogen and oxygen atoms in total. The zero-order valence-corrected chi connectivity index (χ0v) is 24.3. The molecule has 0 N–H and O–H groups in total. The van der Waals surface area contributed by atoms with Gasteiger partial charge in [-0.3, -0.25) is 4.79 Å². The largest absolute Gasteiger partial charge is 0.349 e. The van der Waals surface area contributed by atoms with E-state index in [1.165, 1.54) is 154 Å². The number of carbonyl (C=O) groups is 1. The molecule has 0 bridgehead atoms. The Balaban J connectivity index is 3.68. The third-order valence-corrected chi connectivity index (χ3v) is 7.60. The Bertz CT molecular complexity index is 378. The summed E-state index contributed by atoms with van der Waals surface area (Å²) in [5.41, 5.74) is 0. The predicted octanol–water partition coefficient (Wildman–Crippen LogP) is 10.9. The summed E-state index contributed by atoms with van der Waals surface area (Å²) in [4.78, 5) is 14.5. The fraction of sp³-hybridized carbons (Fsp3) is 0.969. The Morgan fingerprint density at radius 3 is 0.912 bits per heavy atom. The van der Waals surface area contributed by atoms with Crippen molar-refractivity contribution in [2.45, 2.75) is 181 Å². The van der Waals surface area contributed by atoms with Gasteiger partial charge in [-0.15, -0.1) is 0 Å². The Kier molecular flexibility index (Phi) is 26.6. The number of rotatable bonds is 27. The molecule has 0 rings (SSSR count). The molecule has 0 saturated carbocycles. The number of amides is 1. The van der Waals surface area contributed by atoms with E-state index in [9.17, 15) is 4.79 Å². The van der Waals surface area contributed by atoms with Crippen LogP contribution in [0.1, 0.15) is 181 Å². The highest BCUT2D eigenvalue weighted by molar-refractivity contribution is 5.78. The van der Waals surface area contributed by atoms with Crippen molar-refractivity contribution in [3.8, 4) is 0 Å². The molecule has 0 aliphatic heterocycles. The summed E-state index contributed by atoms with van der Waals surface area (Å²) in [7, 11) is 3.86. The fourth-order valence-corrected chi connectivity index (χ4v) is 5.22. The maximum atomic E-state index is 12.6. The van der Waals surface area contributed by atoms with Crippen molar-refractivity contribution in [2.75, 3.05) is 14.1 Å². The molecule has 0 heterocycles. The van der Waals surface area contributed by atoms with Crippen LogP contribution in [0.2, 0.25) is 0 Å². The first kappa shape index (κ1) is 33.5. The number of carbonyl (C=O) groups excluding carboxylic acids is 1. The standard InChI is InChI=1S/C32H65NO/c1-5-7-9-11-13-15-17-19-21-23-25-27-29-31(32(34)33(3)4)30-28-26-24-22-20-18-16-14-12-10-8-6-2/h31H,5-30H2,1-4H3. The van der Waals surface area contributed by atoms with Gasteiger partial charge in [-0.05, 0) is 12.8 Å². The van der Waals surface area contributed by atoms with E-state index in [4.69, 9.17) is 0 Å². The van der Waals surface area contributed by atoms with E-state index < -0.39 is 0 Å². The van der Waals surface area contributed by atoms with Gasteiger partial charge in [0.05, 0.1) is 0 Å². The first-order valence-electron chi connectivity index (χ1n) is 15.8. The van der Waals surface area contributed by atoms with Crippen molar-refractivity contribution >= 4 is 5.91 Å². The van der Waals surface area contributed by atoms with Crippen molar-refractivity contribution in [3.05, 3.63) is 0 Å². The molecular weight excluding hydrogens is 414 g/mol. The van der Waals surface area contributed by atoms with Gasteiger partial charge in [-0.25, -0.2) is 0 Å². The maximum Gasteiger partial charge on any atom is 0.225 e. The summed E-state index contributed by atoms with van der Waals surface area (Å²) in [5, 5.41) is 0. The van der Waals surface area contributed by atoms with Crippen LogP contribution in [-0.2, 0) is 4.79 Å². The molecule has 0 aliphatic carbocycles. The van der Waals surface area contributed by atoms with Crippen LogP contribution >= 0.6 is 0 Å². The third-order valence-electron chi connectivity index (χ3n) is 7.60. The second-order valence-corrected chi connectivity index (χ2v) is 11.3. The quantitative estimate of drug-likeness (QED) is 0.107. The first-order chi connectivity index (χ1) is 16.6. The van der Waals surface area contributed by atoms with Gasteiger partial charge in [-0.2, -0.15) is 0 Å². The molecule has 0 aliphatic rings. The Morgan fingerprint density at radius 1 is 0.441 bits per heavy atom. The van der Waals surface area contributed by atoms with Gasteiger partial charge in [0.1, 0.15) is 0 Å². The second-order valence-electron chi connectivity index (χ2n) is 11.3. The van der Waals surface area contributed by atoms with Crippen molar-refractivity contribution in [2.24, 2.45) is 5.92 Å². The normalized spacial score (nSPS) is 11.4. The number of nitrogens with zero attached hydrogens (tertiary/aromatic N) is 1. The molecule has 0 fully saturated rings. The minimum atomic E-state index is 0.265. The van der Waals surface area contributed by atoms with Crippen LogP contribution in [0.15, 0.2) is 0 Å².